The number of H-pyrrole nitrogens is 2. The van der Waals surface area contributed by atoms with Crippen molar-refractivity contribution in [3.8, 4) is 11.1 Å². The Morgan fingerprint density at radius 2 is 1.09 bits per heavy atom. The van der Waals surface area contributed by atoms with Crippen LogP contribution in [0.4, 0.5) is 5.69 Å². The number of para-hydroxylation sites is 1. The van der Waals surface area contributed by atoms with Crippen LogP contribution in [0.25, 0.3) is 22.0 Å². The van der Waals surface area contributed by atoms with Gasteiger partial charge in [-0.3, -0.25) is 86.7 Å². The maximum atomic E-state index is 14.6. The van der Waals surface area contributed by atoms with Crippen molar-refractivity contribution in [1.29, 1.82) is 0 Å². The molecule has 3 aromatic carbocycles. The van der Waals surface area contributed by atoms with Crippen LogP contribution in [0, 0.1) is 11.8 Å². The minimum Gasteiger partial charge on any atom is -0.480 e. The Labute approximate surface area is 628 Å². The molecular formula is C72H100N18O17S. The lowest BCUT2D eigenvalue weighted by atomic mass is 10.0. The van der Waals surface area contributed by atoms with Crippen LogP contribution in [0.5, 0.6) is 0 Å². The Balaban J connectivity index is 1.12. The molecule has 6 rings (SSSR count). The number of benzene rings is 3. The Morgan fingerprint density at radius 1 is 0.546 bits per heavy atom. The third-order valence-corrected chi connectivity index (χ3v) is 18.3. The number of carboxylic acid groups (broad SMARTS) is 3. The van der Waals surface area contributed by atoms with Crippen molar-refractivity contribution < 1.29 is 82.4 Å². The zero-order valence-corrected chi connectivity index (χ0v) is 62.2. The van der Waals surface area contributed by atoms with Crippen LogP contribution < -0.4 is 59.3 Å². The van der Waals surface area contributed by atoms with E-state index < -0.39 is 138 Å². The van der Waals surface area contributed by atoms with Gasteiger partial charge in [0.25, 0.3) is 5.91 Å². The van der Waals surface area contributed by atoms with Crippen molar-refractivity contribution in [2.45, 2.75) is 115 Å². The van der Waals surface area contributed by atoms with E-state index in [0.717, 1.165) is 0 Å². The molecule has 586 valence electrons. The Hall–Kier alpha value is -10.8. The van der Waals surface area contributed by atoms with Gasteiger partial charge >= 0.3 is 17.9 Å². The van der Waals surface area contributed by atoms with E-state index in [1.807, 2.05) is 20.1 Å². The maximum Gasteiger partial charge on any atom is 0.317 e. The molecule has 18 N–H and O–H groups in total. The fourth-order valence-corrected chi connectivity index (χ4v) is 12.4. The van der Waals surface area contributed by atoms with Crippen LogP contribution in [0.3, 0.4) is 0 Å². The highest BCUT2D eigenvalue weighted by Crippen LogP contribution is 2.25. The van der Waals surface area contributed by atoms with Gasteiger partial charge in [0.1, 0.15) is 42.3 Å². The van der Waals surface area contributed by atoms with Gasteiger partial charge in [0.15, 0.2) is 0 Å². The summed E-state index contributed by atoms with van der Waals surface area (Å²) in [5.41, 5.74) is 14.3. The van der Waals surface area contributed by atoms with Crippen molar-refractivity contribution in [1.82, 2.24) is 77.1 Å². The molecule has 35 nitrogen and oxygen atoms in total. The molecule has 0 saturated carbocycles. The molecule has 11 amide bonds. The largest absolute Gasteiger partial charge is 0.480 e. The summed E-state index contributed by atoms with van der Waals surface area (Å²) in [5, 5.41) is 53.5. The Bertz CT molecular complexity index is 3920. The number of nitrogens with two attached hydrogens (primary N) is 2. The molecule has 0 radical (unpaired) electrons. The molecule has 108 heavy (non-hydrogen) atoms. The normalized spacial score (nSPS) is 15.4. The maximum absolute atomic E-state index is 14.6. The molecule has 0 aliphatic carbocycles. The number of fused-ring (bicyclic) bond motifs is 1. The van der Waals surface area contributed by atoms with Crippen LogP contribution in [0.2, 0.25) is 0 Å². The predicted molar refractivity (Wildman–Crippen MR) is 400 cm³/mol. The number of anilines is 1. The third kappa shape index (κ3) is 29.2. The number of nitrogens with zero attached hydrogens (tertiary/aromatic N) is 5. The number of rotatable bonds is 40. The molecular weight excluding hydrogens is 1420 g/mol. The van der Waals surface area contributed by atoms with Crippen LogP contribution in [-0.4, -0.2) is 272 Å². The van der Waals surface area contributed by atoms with E-state index in [4.69, 9.17) is 11.5 Å². The number of carbonyl (C=O) groups is 14. The molecule has 1 aliphatic rings. The number of hydrogen-bond donors (Lipinski definition) is 16. The molecule has 5 aromatic rings. The molecule has 2 aromatic heterocycles. The van der Waals surface area contributed by atoms with E-state index in [9.17, 15) is 82.4 Å². The first-order valence-electron chi connectivity index (χ1n) is 35.4. The lowest BCUT2D eigenvalue weighted by Crippen LogP contribution is -2.59. The second-order valence-corrected chi connectivity index (χ2v) is 28.1. The third-order valence-electron chi connectivity index (χ3n) is 17.7. The van der Waals surface area contributed by atoms with Crippen molar-refractivity contribution in [2.75, 3.05) is 102 Å². The van der Waals surface area contributed by atoms with E-state index in [-0.39, 0.29) is 129 Å². The predicted octanol–water partition coefficient (Wildman–Crippen LogP) is -1.19. The van der Waals surface area contributed by atoms with Gasteiger partial charge < -0.3 is 84.6 Å². The summed E-state index contributed by atoms with van der Waals surface area (Å²) in [7, 11) is 0. The fraction of sp³-hybridized carbons (Fsp3) is 0.486. The minimum atomic E-state index is -1.48. The second kappa shape index (κ2) is 43.1. The average Bonchev–Trinajstić information content (AvgIpc) is 1.56. The number of carbonyl (C=O) groups excluding carboxylic acids is 11. The highest BCUT2D eigenvalue weighted by molar-refractivity contribution is 7.98. The van der Waals surface area contributed by atoms with E-state index >= 15 is 0 Å². The van der Waals surface area contributed by atoms with Crippen LogP contribution in [0.15, 0.2) is 91.5 Å². The number of imidazole rings is 1. The SMILES string of the molecule is CSCC[C@H](NC(=O)[C@H](CC(C)C)NC(=O)[C@H](Cc1c[nH]cn1)NC(=O)CNC(=O)[C@@H](NC(=O)[C@H](C)NC(=O)[C@H](Cc1c[nH]c2ccccc12)NC(=O)[C@H](CCC(N)=O)NC(=O)c1cccc(-c2cccc(NC(=O)CN3CCN(CC(=O)O)CCN(CC(=O)O)CCN(CC(=O)O)CC3)c2)c1)C(C)C)C(N)=O. The van der Waals surface area contributed by atoms with Gasteiger partial charge in [-0.2, -0.15) is 11.8 Å². The molecule has 1 aliphatic heterocycles. The van der Waals surface area contributed by atoms with Gasteiger partial charge in [-0.05, 0) is 97.1 Å². The topological polar surface area (TPSA) is 517 Å². The van der Waals surface area contributed by atoms with E-state index in [1.165, 1.54) is 43.3 Å². The van der Waals surface area contributed by atoms with Gasteiger partial charge in [0.05, 0.1) is 44.7 Å². The van der Waals surface area contributed by atoms with Crippen molar-refractivity contribution in [2.24, 2.45) is 23.3 Å². The van der Waals surface area contributed by atoms with E-state index in [2.05, 4.69) is 62.8 Å². The zero-order chi connectivity index (χ0) is 79.1. The fourth-order valence-electron chi connectivity index (χ4n) is 11.9. The monoisotopic (exact) mass is 1520 g/mol. The smallest absolute Gasteiger partial charge is 0.317 e. The molecule has 1 fully saturated rings. The molecule has 36 heteroatoms. The summed E-state index contributed by atoms with van der Waals surface area (Å²) < 4.78 is 0. The summed E-state index contributed by atoms with van der Waals surface area (Å²) in [6, 6.07) is 11.1. The molecule has 0 spiro atoms. The number of nitrogens with one attached hydrogen (secondary N) is 11. The first-order valence-corrected chi connectivity index (χ1v) is 36.8. The van der Waals surface area contributed by atoms with Crippen LogP contribution in [-0.2, 0) is 75.2 Å². The summed E-state index contributed by atoms with van der Waals surface area (Å²) in [6.07, 6.45) is 5.74. The van der Waals surface area contributed by atoms with Gasteiger partial charge in [-0.25, -0.2) is 4.98 Å². The average molecular weight is 1520 g/mol. The first-order chi connectivity index (χ1) is 51.3. The summed E-state index contributed by atoms with van der Waals surface area (Å²) in [6.45, 7) is 7.98. The Kier molecular flexibility index (Phi) is 34.4. The lowest BCUT2D eigenvalue weighted by Gasteiger charge is -2.32. The van der Waals surface area contributed by atoms with E-state index in [1.54, 1.807) is 100 Å². The zero-order valence-electron chi connectivity index (χ0n) is 61.4. The van der Waals surface area contributed by atoms with Gasteiger partial charge in [0, 0.05) is 106 Å². The quantitative estimate of drug-likeness (QED) is 0.0219. The van der Waals surface area contributed by atoms with Crippen LogP contribution >= 0.6 is 11.8 Å². The second-order valence-electron chi connectivity index (χ2n) is 27.2. The standard InChI is InChI=1S/C72H100N18O17S/c1-42(2)29-55(70(105)82-53(65(74)100)19-28-108-6)84-71(106)57(33-50-35-75-41-78-50)81-59(92)36-77-72(107)64(43(3)4)86-66(101)44(5)79-69(104)56(32-48-34-76-52-16-8-7-15-51(48)52)85-68(103)54(17-18-58(73)91)83-67(102)47-13-9-11-45(30-47)46-12-10-14-49(31-46)80-60(93)37-87-20-22-88(38-61(94)95)24-26-90(40-63(98)99)27-25-89(23-21-87)39-62(96)97/h7-16,30-31,34-35,41-44,53-57,64,76H,17-29,32-33,36-40H2,1-6H3,(H2,73,91)(H2,74,100)(H,75,78)(H,77,107)(H,79,104)(H,80,93)(H,81,92)(H,82,105)(H,83,102)(H,84,106)(H,85,103)(H,86,101)(H,94,95)(H,96,97)(H,98,99)/t44-,53-,54-,55-,56-,57-,64-/m0/s1. The van der Waals surface area contributed by atoms with E-state index in [0.29, 0.717) is 44.7 Å². The van der Waals surface area contributed by atoms with Gasteiger partial charge in [0.2, 0.25) is 59.1 Å². The van der Waals surface area contributed by atoms with Crippen molar-refractivity contribution in [3.63, 3.8) is 0 Å². The van der Waals surface area contributed by atoms with Crippen molar-refractivity contribution in [3.05, 3.63) is 108 Å². The summed E-state index contributed by atoms with van der Waals surface area (Å²) >= 11 is 1.45. The number of aromatic amines is 2. The number of aromatic nitrogens is 3. The summed E-state index contributed by atoms with van der Waals surface area (Å²) in [5.74, 6) is -11.9. The number of hydrogen-bond acceptors (Lipinski definition) is 20. The van der Waals surface area contributed by atoms with Gasteiger partial charge in [-0.1, -0.05) is 70.2 Å². The molecule has 7 atom stereocenters. The summed E-state index contributed by atoms with van der Waals surface area (Å²) in [4.78, 5) is 203. The highest BCUT2D eigenvalue weighted by Gasteiger charge is 2.35. The minimum absolute atomic E-state index is 0.0619. The van der Waals surface area contributed by atoms with Crippen LogP contribution in [0.1, 0.15) is 81.9 Å². The Morgan fingerprint density at radius 3 is 1.66 bits per heavy atom. The van der Waals surface area contributed by atoms with Gasteiger partial charge in [-0.15, -0.1) is 0 Å². The first kappa shape index (κ1) is 86.1. The highest BCUT2D eigenvalue weighted by atomic mass is 32.2. The van der Waals surface area contributed by atoms with Crippen molar-refractivity contribution >= 4 is 111 Å². The number of aliphatic carboxylic acids is 3. The number of thioether (sulfide) groups is 1. The number of carboxylic acids is 3. The molecule has 0 unspecified atom stereocenters. The number of amides is 11. The molecule has 3 heterocycles. The molecule has 1 saturated heterocycles. The lowest BCUT2D eigenvalue weighted by molar-refractivity contribution is -0.140. The number of primary amides is 2. The molecule has 0 bridgehead atoms.